The van der Waals surface area contributed by atoms with Gasteiger partial charge in [0.15, 0.2) is 11.5 Å². The van der Waals surface area contributed by atoms with Crippen molar-refractivity contribution in [3.05, 3.63) is 59.2 Å². The first-order valence-corrected chi connectivity index (χ1v) is 9.82. The molecule has 0 saturated carbocycles. The molecule has 0 amide bonds. The topological polar surface area (TPSA) is 55.8 Å². The fraction of sp³-hybridized carbons (Fsp3) is 0.368. The highest BCUT2D eigenvalue weighted by Crippen LogP contribution is 2.35. The summed E-state index contributed by atoms with van der Waals surface area (Å²) in [5.41, 5.74) is 2.87. The maximum atomic E-state index is 12.9. The maximum absolute atomic E-state index is 12.9. The van der Waals surface area contributed by atoms with E-state index in [0.717, 1.165) is 16.7 Å². The number of methoxy groups -OCH3 is 2. The van der Waals surface area contributed by atoms with Crippen LogP contribution in [0.3, 0.4) is 0 Å². The summed E-state index contributed by atoms with van der Waals surface area (Å²) < 4.78 is 38.1. The smallest absolute Gasteiger partial charge is 0.218 e. The van der Waals surface area contributed by atoms with E-state index in [-0.39, 0.29) is 11.8 Å². The lowest BCUT2D eigenvalue weighted by molar-refractivity contribution is 0.304. The minimum absolute atomic E-state index is 0.0147. The summed E-state index contributed by atoms with van der Waals surface area (Å²) in [4.78, 5) is 0. The van der Waals surface area contributed by atoms with E-state index in [1.54, 1.807) is 18.5 Å². The zero-order valence-corrected chi connectivity index (χ0v) is 15.5. The number of sulfonamides is 1. The highest BCUT2D eigenvalue weighted by molar-refractivity contribution is 7.88. The maximum Gasteiger partial charge on any atom is 0.218 e. The van der Waals surface area contributed by atoms with Gasteiger partial charge in [-0.1, -0.05) is 30.3 Å². The summed E-state index contributed by atoms with van der Waals surface area (Å²) >= 11 is 0. The molecule has 0 spiro atoms. The van der Waals surface area contributed by atoms with Gasteiger partial charge in [-0.05, 0) is 42.2 Å². The molecule has 25 heavy (non-hydrogen) atoms. The van der Waals surface area contributed by atoms with Crippen molar-refractivity contribution < 1.29 is 17.9 Å². The molecule has 0 N–H and O–H groups in total. The average molecular weight is 361 g/mol. The summed E-state index contributed by atoms with van der Waals surface area (Å²) in [6, 6.07) is 13.0. The summed E-state index contributed by atoms with van der Waals surface area (Å²) in [5, 5.41) is 0. The van der Waals surface area contributed by atoms with Gasteiger partial charge in [0.1, 0.15) is 0 Å². The van der Waals surface area contributed by atoms with E-state index < -0.39 is 10.0 Å². The van der Waals surface area contributed by atoms with Gasteiger partial charge < -0.3 is 9.47 Å². The minimum atomic E-state index is -3.40. The summed E-state index contributed by atoms with van der Waals surface area (Å²) in [5.74, 6) is 1.31. The monoisotopic (exact) mass is 361 g/mol. The van der Waals surface area contributed by atoms with Gasteiger partial charge in [0.25, 0.3) is 0 Å². The van der Waals surface area contributed by atoms with Gasteiger partial charge in [0.05, 0.1) is 20.0 Å². The van der Waals surface area contributed by atoms with E-state index in [1.807, 2.05) is 49.4 Å². The summed E-state index contributed by atoms with van der Waals surface area (Å²) in [7, 11) is -0.215. The quantitative estimate of drug-likeness (QED) is 0.822. The van der Waals surface area contributed by atoms with Gasteiger partial charge in [-0.3, -0.25) is 0 Å². The minimum Gasteiger partial charge on any atom is -0.493 e. The van der Waals surface area contributed by atoms with Crippen molar-refractivity contribution in [3.8, 4) is 11.5 Å². The molecule has 0 fully saturated rings. The zero-order chi connectivity index (χ0) is 18.0. The SMILES string of the molecule is COc1cc2c(cc1OC)CN(S(=O)(=O)Cc1ccccc1)C(C)C2. The molecular weight excluding hydrogens is 338 g/mol. The molecule has 5 nitrogen and oxygen atoms in total. The van der Waals surface area contributed by atoms with Gasteiger partial charge in [-0.15, -0.1) is 0 Å². The number of hydrogen-bond acceptors (Lipinski definition) is 4. The number of nitrogens with zero attached hydrogens (tertiary/aromatic N) is 1. The molecule has 1 heterocycles. The van der Waals surface area contributed by atoms with E-state index in [2.05, 4.69) is 0 Å². The van der Waals surface area contributed by atoms with E-state index in [9.17, 15) is 8.42 Å². The van der Waals surface area contributed by atoms with Crippen LogP contribution in [0.2, 0.25) is 0 Å². The van der Waals surface area contributed by atoms with Crippen molar-refractivity contribution in [2.75, 3.05) is 14.2 Å². The lowest BCUT2D eigenvalue weighted by atomic mass is 9.96. The molecule has 1 aliphatic rings. The second-order valence-corrected chi connectivity index (χ2v) is 8.24. The molecule has 1 aliphatic heterocycles. The van der Waals surface area contributed by atoms with E-state index in [0.29, 0.717) is 24.5 Å². The van der Waals surface area contributed by atoms with E-state index in [4.69, 9.17) is 9.47 Å². The fourth-order valence-electron chi connectivity index (χ4n) is 3.28. The number of fused-ring (bicyclic) bond motifs is 1. The van der Waals surface area contributed by atoms with Crippen molar-refractivity contribution in [2.45, 2.75) is 31.7 Å². The fourth-order valence-corrected chi connectivity index (χ4v) is 5.02. The predicted molar refractivity (Wildman–Crippen MR) is 97.3 cm³/mol. The standard InChI is InChI=1S/C19H23NO4S/c1-14-9-16-10-18(23-2)19(24-3)11-17(16)12-20(14)25(21,22)13-15-7-5-4-6-8-15/h4-8,10-11,14H,9,12-13H2,1-3H3. The molecule has 1 atom stereocenters. The number of rotatable bonds is 5. The van der Waals surface area contributed by atoms with Crippen LogP contribution in [0.15, 0.2) is 42.5 Å². The number of ether oxygens (including phenoxy) is 2. The third-order valence-corrected chi connectivity index (χ3v) is 6.49. The molecule has 0 radical (unpaired) electrons. The molecule has 0 aliphatic carbocycles. The molecule has 1 unspecified atom stereocenters. The predicted octanol–water partition coefficient (Wildman–Crippen LogP) is 2.98. The lowest BCUT2D eigenvalue weighted by Crippen LogP contribution is -2.43. The first-order valence-electron chi connectivity index (χ1n) is 8.22. The normalized spacial score (nSPS) is 17.8. The van der Waals surface area contributed by atoms with Crippen LogP contribution in [0.5, 0.6) is 11.5 Å². The van der Waals surface area contributed by atoms with Crippen molar-refractivity contribution in [1.29, 1.82) is 0 Å². The van der Waals surface area contributed by atoms with Gasteiger partial charge in [-0.25, -0.2) is 8.42 Å². The molecule has 3 rings (SSSR count). The highest BCUT2D eigenvalue weighted by Gasteiger charge is 2.33. The largest absolute Gasteiger partial charge is 0.493 e. The van der Waals surface area contributed by atoms with Crippen LogP contribution in [0, 0.1) is 0 Å². The Kier molecular flexibility index (Phi) is 5.01. The second-order valence-electron chi connectivity index (χ2n) is 6.32. The zero-order valence-electron chi connectivity index (χ0n) is 14.7. The van der Waals surface area contributed by atoms with Gasteiger partial charge in [-0.2, -0.15) is 4.31 Å². The molecule has 2 aromatic rings. The molecular formula is C19H23NO4S. The first kappa shape index (κ1) is 17.8. The number of benzene rings is 2. The molecule has 0 bridgehead atoms. The van der Waals surface area contributed by atoms with E-state index >= 15 is 0 Å². The van der Waals surface area contributed by atoms with Gasteiger partial charge in [0, 0.05) is 12.6 Å². The molecule has 0 saturated heterocycles. The Morgan fingerprint density at radius 2 is 1.64 bits per heavy atom. The number of hydrogen-bond donors (Lipinski definition) is 0. The third-order valence-electron chi connectivity index (χ3n) is 4.59. The molecule has 134 valence electrons. The highest BCUT2D eigenvalue weighted by atomic mass is 32.2. The van der Waals surface area contributed by atoms with Crippen LogP contribution in [0.1, 0.15) is 23.6 Å². The third kappa shape index (κ3) is 3.65. The van der Waals surface area contributed by atoms with Crippen molar-refractivity contribution in [2.24, 2.45) is 0 Å². The van der Waals surface area contributed by atoms with Crippen LogP contribution < -0.4 is 9.47 Å². The van der Waals surface area contributed by atoms with Gasteiger partial charge in [0.2, 0.25) is 10.0 Å². The average Bonchev–Trinajstić information content (AvgIpc) is 2.60. The molecule has 2 aromatic carbocycles. The van der Waals surface area contributed by atoms with Crippen molar-refractivity contribution in [3.63, 3.8) is 0 Å². The summed E-state index contributed by atoms with van der Waals surface area (Å²) in [6.07, 6.45) is 0.656. The van der Waals surface area contributed by atoms with Crippen molar-refractivity contribution in [1.82, 2.24) is 4.31 Å². The Bertz CT molecular complexity index is 849. The molecule has 6 heteroatoms. The van der Waals surface area contributed by atoms with Crippen LogP contribution in [0.25, 0.3) is 0 Å². The Morgan fingerprint density at radius 3 is 2.24 bits per heavy atom. The Balaban J connectivity index is 1.90. The Morgan fingerprint density at radius 1 is 1.04 bits per heavy atom. The van der Waals surface area contributed by atoms with Crippen LogP contribution in [0.4, 0.5) is 0 Å². The second kappa shape index (κ2) is 7.06. The lowest BCUT2D eigenvalue weighted by Gasteiger charge is -2.34. The first-order chi connectivity index (χ1) is 11.9. The van der Waals surface area contributed by atoms with Crippen LogP contribution in [-0.2, 0) is 28.7 Å². The van der Waals surface area contributed by atoms with Crippen LogP contribution >= 0.6 is 0 Å². The van der Waals surface area contributed by atoms with Crippen LogP contribution in [-0.4, -0.2) is 33.0 Å². The Hall–Kier alpha value is -2.05. The van der Waals surface area contributed by atoms with Gasteiger partial charge >= 0.3 is 0 Å². The van der Waals surface area contributed by atoms with E-state index in [1.165, 1.54) is 0 Å². The summed E-state index contributed by atoms with van der Waals surface area (Å²) in [6.45, 7) is 2.30. The van der Waals surface area contributed by atoms with Crippen molar-refractivity contribution >= 4 is 10.0 Å². The Labute approximate surface area is 149 Å². The molecule has 0 aromatic heterocycles.